The summed E-state index contributed by atoms with van der Waals surface area (Å²) in [7, 11) is 1.62. The van der Waals surface area contributed by atoms with E-state index in [1.54, 1.807) is 30.5 Å². The minimum Gasteiger partial charge on any atom is -0.370 e. The van der Waals surface area contributed by atoms with Gasteiger partial charge in [-0.25, -0.2) is 4.39 Å². The summed E-state index contributed by atoms with van der Waals surface area (Å²) in [6.45, 7) is 1.42. The van der Waals surface area contributed by atoms with Gasteiger partial charge in [0.05, 0.1) is 12.5 Å². The molecule has 0 aliphatic carbocycles. The molecule has 193 valence electrons. The van der Waals surface area contributed by atoms with Crippen LogP contribution in [0.4, 0.5) is 4.39 Å². The highest BCUT2D eigenvalue weighted by atomic mass is 35.5. The van der Waals surface area contributed by atoms with Crippen molar-refractivity contribution in [3.8, 4) is 0 Å². The van der Waals surface area contributed by atoms with Crippen molar-refractivity contribution in [2.24, 2.45) is 5.73 Å². The van der Waals surface area contributed by atoms with Gasteiger partial charge >= 0.3 is 0 Å². The number of halogens is 2. The van der Waals surface area contributed by atoms with Gasteiger partial charge in [-0.3, -0.25) is 19.3 Å². The molecule has 9 heteroatoms. The van der Waals surface area contributed by atoms with Crippen molar-refractivity contribution in [2.45, 2.75) is 44.2 Å². The summed E-state index contributed by atoms with van der Waals surface area (Å²) in [6.07, 6.45) is 3.83. The number of aryl methyl sites for hydroxylation is 1. The Bertz CT molecular complexity index is 1030. The van der Waals surface area contributed by atoms with Crippen LogP contribution in [-0.4, -0.2) is 66.3 Å². The molecule has 1 aliphatic rings. The van der Waals surface area contributed by atoms with Crippen molar-refractivity contribution in [2.75, 3.05) is 26.7 Å². The van der Waals surface area contributed by atoms with Crippen molar-refractivity contribution in [3.05, 3.63) is 76.9 Å². The molecule has 7 nitrogen and oxygen atoms in total. The van der Waals surface area contributed by atoms with E-state index in [1.165, 1.54) is 12.1 Å². The van der Waals surface area contributed by atoms with Gasteiger partial charge in [0.2, 0.25) is 17.7 Å². The number of nitrogens with zero attached hydrogens (tertiary/aromatic N) is 2. The Morgan fingerprint density at radius 1 is 1.11 bits per heavy atom. The topological polar surface area (TPSA) is 95.7 Å². The molecule has 1 radical (unpaired) electrons. The zero-order valence-electron chi connectivity index (χ0n) is 20.5. The maximum Gasteiger partial charge on any atom is 0.237 e. The first kappa shape index (κ1) is 27.6. The van der Waals surface area contributed by atoms with Crippen LogP contribution in [0.1, 0.15) is 30.4 Å². The summed E-state index contributed by atoms with van der Waals surface area (Å²) in [5, 5.41) is 3.42. The van der Waals surface area contributed by atoms with Crippen LogP contribution >= 0.6 is 11.6 Å². The van der Waals surface area contributed by atoms with E-state index in [0.29, 0.717) is 50.3 Å². The molecule has 1 fully saturated rings. The average molecular weight is 516 g/mol. The lowest BCUT2D eigenvalue weighted by Crippen LogP contribution is -2.60. The fourth-order valence-corrected chi connectivity index (χ4v) is 4.68. The number of hydrogen-bond donors (Lipinski definition) is 2. The highest BCUT2D eigenvalue weighted by Gasteiger charge is 2.35. The highest BCUT2D eigenvalue weighted by Crippen LogP contribution is 2.21. The molecular formula is C27H33ClFN4O3. The van der Waals surface area contributed by atoms with Crippen LogP contribution in [0.2, 0.25) is 5.02 Å². The Kier molecular flexibility index (Phi) is 10.3. The average Bonchev–Trinajstić information content (AvgIpc) is 2.88. The van der Waals surface area contributed by atoms with E-state index in [2.05, 4.69) is 10.2 Å². The number of primary amides is 1. The predicted octanol–water partition coefficient (Wildman–Crippen LogP) is 2.75. The Morgan fingerprint density at radius 3 is 2.42 bits per heavy atom. The first-order valence-corrected chi connectivity index (χ1v) is 12.5. The van der Waals surface area contributed by atoms with E-state index in [4.69, 9.17) is 17.3 Å². The van der Waals surface area contributed by atoms with E-state index in [-0.39, 0.29) is 36.1 Å². The maximum absolute atomic E-state index is 13.2. The van der Waals surface area contributed by atoms with Crippen LogP contribution < -0.4 is 11.1 Å². The SMILES string of the molecule is CNC(=O)C(CCc1ccc(Cl)cc1)N1CCN(C(=O)[CH]Cc2ccc(F)cc2)C(CCC(N)=O)C1. The minimum absolute atomic E-state index is 0.0831. The second kappa shape index (κ2) is 13.4. The predicted molar refractivity (Wildman–Crippen MR) is 138 cm³/mol. The second-order valence-corrected chi connectivity index (χ2v) is 9.45. The zero-order chi connectivity index (χ0) is 26.1. The molecule has 3 amide bonds. The third-order valence-electron chi connectivity index (χ3n) is 6.56. The Morgan fingerprint density at radius 2 is 1.78 bits per heavy atom. The number of likely N-dealkylation sites (N-methyl/N-ethyl adjacent to an activating group) is 1. The third-order valence-corrected chi connectivity index (χ3v) is 6.81. The van der Waals surface area contributed by atoms with Crippen molar-refractivity contribution >= 4 is 29.3 Å². The molecule has 36 heavy (non-hydrogen) atoms. The summed E-state index contributed by atoms with van der Waals surface area (Å²) in [4.78, 5) is 41.2. The number of amides is 3. The lowest BCUT2D eigenvalue weighted by atomic mass is 9.99. The van der Waals surface area contributed by atoms with Crippen LogP contribution in [0.5, 0.6) is 0 Å². The largest absolute Gasteiger partial charge is 0.370 e. The second-order valence-electron chi connectivity index (χ2n) is 9.02. The van der Waals surface area contributed by atoms with Crippen LogP contribution in [-0.2, 0) is 27.2 Å². The first-order chi connectivity index (χ1) is 17.3. The molecule has 3 N–H and O–H groups in total. The van der Waals surface area contributed by atoms with Crippen molar-refractivity contribution < 1.29 is 18.8 Å². The standard InChI is InChI=1S/C27H33ClFN4O3/c1-31-27(36)24(13-6-19-2-8-21(28)9-3-19)32-16-17-33(23(18-32)12-14-25(30)34)26(35)15-7-20-4-10-22(29)11-5-20/h2-5,8-11,15,23-24H,6-7,12-14,16-18H2,1H3,(H2,30,34)(H,31,36). The van der Waals surface area contributed by atoms with Crippen molar-refractivity contribution in [1.29, 1.82) is 0 Å². The van der Waals surface area contributed by atoms with E-state index in [1.807, 2.05) is 24.3 Å². The van der Waals surface area contributed by atoms with Gasteiger partial charge in [-0.2, -0.15) is 0 Å². The number of carbonyl (C=O) groups excluding carboxylic acids is 3. The lowest BCUT2D eigenvalue weighted by Gasteiger charge is -2.44. The summed E-state index contributed by atoms with van der Waals surface area (Å²) >= 11 is 5.98. The number of benzene rings is 2. The lowest BCUT2D eigenvalue weighted by molar-refractivity contribution is -0.136. The van der Waals surface area contributed by atoms with Gasteiger partial charge in [0.1, 0.15) is 5.82 Å². The molecule has 2 unspecified atom stereocenters. The number of nitrogens with two attached hydrogens (primary N) is 1. The summed E-state index contributed by atoms with van der Waals surface area (Å²) in [6, 6.07) is 13.0. The normalized spacial score (nSPS) is 17.0. The van der Waals surface area contributed by atoms with Gasteiger partial charge < -0.3 is 16.0 Å². The molecule has 0 saturated carbocycles. The van der Waals surface area contributed by atoms with Gasteiger partial charge in [0.15, 0.2) is 0 Å². The monoisotopic (exact) mass is 515 g/mol. The molecule has 0 aromatic heterocycles. The van der Waals surface area contributed by atoms with E-state index in [9.17, 15) is 18.8 Å². The first-order valence-electron chi connectivity index (χ1n) is 12.1. The molecule has 2 atom stereocenters. The molecule has 0 spiro atoms. The Balaban J connectivity index is 1.67. The number of nitrogens with one attached hydrogen (secondary N) is 1. The van der Waals surface area contributed by atoms with Crippen molar-refractivity contribution in [3.63, 3.8) is 0 Å². The van der Waals surface area contributed by atoms with Crippen LogP contribution in [0, 0.1) is 12.2 Å². The molecule has 2 aromatic carbocycles. The number of rotatable bonds is 11. The molecule has 0 bridgehead atoms. The van der Waals surface area contributed by atoms with Crippen molar-refractivity contribution in [1.82, 2.24) is 15.1 Å². The van der Waals surface area contributed by atoms with Gasteiger partial charge in [0.25, 0.3) is 0 Å². The quantitative estimate of drug-likeness (QED) is 0.481. The van der Waals surface area contributed by atoms with Crippen LogP contribution in [0.3, 0.4) is 0 Å². The zero-order valence-corrected chi connectivity index (χ0v) is 21.2. The molecule has 1 saturated heterocycles. The summed E-state index contributed by atoms with van der Waals surface area (Å²) in [5.74, 6) is -0.985. The molecular weight excluding hydrogens is 483 g/mol. The fraction of sp³-hybridized carbons (Fsp3) is 0.407. The third kappa shape index (κ3) is 8.03. The Hall–Kier alpha value is -2.97. The van der Waals surface area contributed by atoms with E-state index in [0.717, 1.165) is 11.1 Å². The molecule has 2 aromatic rings. The smallest absolute Gasteiger partial charge is 0.237 e. The maximum atomic E-state index is 13.2. The van der Waals surface area contributed by atoms with Crippen LogP contribution in [0.25, 0.3) is 0 Å². The van der Waals surface area contributed by atoms with E-state index >= 15 is 0 Å². The minimum atomic E-state index is -0.430. The van der Waals surface area contributed by atoms with Crippen LogP contribution in [0.15, 0.2) is 48.5 Å². The summed E-state index contributed by atoms with van der Waals surface area (Å²) < 4.78 is 13.2. The van der Waals surface area contributed by atoms with E-state index < -0.39 is 5.91 Å². The van der Waals surface area contributed by atoms with Gasteiger partial charge in [-0.1, -0.05) is 35.9 Å². The molecule has 1 heterocycles. The van der Waals surface area contributed by atoms with Gasteiger partial charge in [-0.15, -0.1) is 0 Å². The van der Waals surface area contributed by atoms with Gasteiger partial charge in [-0.05, 0) is 61.1 Å². The number of carbonyl (C=O) groups is 3. The number of hydrogen-bond acceptors (Lipinski definition) is 4. The molecule has 3 rings (SSSR count). The number of piperazine rings is 1. The summed E-state index contributed by atoms with van der Waals surface area (Å²) in [5.41, 5.74) is 7.32. The highest BCUT2D eigenvalue weighted by molar-refractivity contribution is 6.30. The fourth-order valence-electron chi connectivity index (χ4n) is 4.55. The Labute approximate surface area is 216 Å². The van der Waals surface area contributed by atoms with Gasteiger partial charge in [0, 0.05) is 44.2 Å². The molecule has 1 aliphatic heterocycles.